The molecule has 2 saturated heterocycles. The van der Waals surface area contributed by atoms with Crippen molar-refractivity contribution in [2.24, 2.45) is 0 Å². The second kappa shape index (κ2) is 5.96. The Morgan fingerprint density at radius 1 is 1.14 bits per heavy atom. The summed E-state index contributed by atoms with van der Waals surface area (Å²) in [6, 6.07) is 6.73. The van der Waals surface area contributed by atoms with E-state index in [-0.39, 0.29) is 17.5 Å². The molecule has 21 heavy (non-hydrogen) atoms. The molecular weight excluding hydrogens is 356 g/mol. The molecule has 2 aliphatic rings. The van der Waals surface area contributed by atoms with Crippen LogP contribution in [-0.2, 0) is 10.0 Å². The van der Waals surface area contributed by atoms with Crippen molar-refractivity contribution in [2.45, 2.75) is 29.9 Å². The van der Waals surface area contributed by atoms with Gasteiger partial charge in [0.15, 0.2) is 0 Å². The van der Waals surface area contributed by atoms with Crippen molar-refractivity contribution in [1.82, 2.24) is 9.21 Å². The smallest absolute Gasteiger partial charge is 0.244 e. The number of aliphatic hydroxyl groups excluding tert-OH is 1. The van der Waals surface area contributed by atoms with Crippen LogP contribution >= 0.6 is 15.9 Å². The van der Waals surface area contributed by atoms with Crippen LogP contribution in [0.3, 0.4) is 0 Å². The van der Waals surface area contributed by atoms with E-state index in [1.165, 1.54) is 4.31 Å². The van der Waals surface area contributed by atoms with Crippen molar-refractivity contribution >= 4 is 26.0 Å². The van der Waals surface area contributed by atoms with Gasteiger partial charge < -0.3 is 5.11 Å². The van der Waals surface area contributed by atoms with Crippen LogP contribution in [0.5, 0.6) is 0 Å². The Labute approximate surface area is 133 Å². The lowest BCUT2D eigenvalue weighted by Gasteiger charge is -2.25. The van der Waals surface area contributed by atoms with Crippen molar-refractivity contribution in [2.75, 3.05) is 26.2 Å². The average molecular weight is 375 g/mol. The molecule has 1 aromatic rings. The number of benzene rings is 1. The van der Waals surface area contributed by atoms with E-state index in [0.29, 0.717) is 11.0 Å². The van der Waals surface area contributed by atoms with Crippen LogP contribution in [0.25, 0.3) is 0 Å². The maximum Gasteiger partial charge on any atom is 0.244 e. The second-order valence-corrected chi connectivity index (χ2v) is 8.39. The van der Waals surface area contributed by atoms with E-state index in [4.69, 9.17) is 0 Å². The second-order valence-electron chi connectivity index (χ2n) is 5.63. The van der Waals surface area contributed by atoms with Crippen molar-refractivity contribution in [3.8, 4) is 0 Å². The van der Waals surface area contributed by atoms with Crippen molar-refractivity contribution < 1.29 is 13.5 Å². The van der Waals surface area contributed by atoms with Gasteiger partial charge in [-0.05, 0) is 54.0 Å². The maximum absolute atomic E-state index is 12.7. The number of likely N-dealkylation sites (tertiary alicyclic amines) is 1. The number of β-amino-alcohol motifs (C(OH)–C–C–N with tert-alkyl or cyclic N) is 1. The molecule has 2 heterocycles. The first-order valence-electron chi connectivity index (χ1n) is 7.17. The number of aliphatic hydroxyl groups is 1. The van der Waals surface area contributed by atoms with Gasteiger partial charge in [-0.3, -0.25) is 4.90 Å². The van der Waals surface area contributed by atoms with E-state index in [1.807, 2.05) is 0 Å². The van der Waals surface area contributed by atoms with E-state index < -0.39 is 16.1 Å². The normalized spacial score (nSPS) is 28.3. The van der Waals surface area contributed by atoms with Crippen LogP contribution in [0.4, 0.5) is 0 Å². The Kier molecular flexibility index (Phi) is 4.38. The van der Waals surface area contributed by atoms with Gasteiger partial charge in [-0.1, -0.05) is 12.1 Å². The largest absolute Gasteiger partial charge is 0.390 e. The molecule has 1 N–H and O–H groups in total. The summed E-state index contributed by atoms with van der Waals surface area (Å²) in [5, 5.41) is 10.2. The first-order valence-corrected chi connectivity index (χ1v) is 9.40. The van der Waals surface area contributed by atoms with Crippen LogP contribution in [0.2, 0.25) is 0 Å². The third kappa shape index (κ3) is 2.90. The van der Waals surface area contributed by atoms with Gasteiger partial charge in [0, 0.05) is 17.6 Å². The zero-order chi connectivity index (χ0) is 15.0. The van der Waals surface area contributed by atoms with Crippen LogP contribution in [0, 0.1) is 0 Å². The standard InChI is InChI=1S/C14H19BrN2O3S/c15-11-5-1-2-6-14(11)21(19,20)17-9-12(13(18)10-17)16-7-3-4-8-16/h1-2,5-6,12-13,18H,3-4,7-10H2. The highest BCUT2D eigenvalue weighted by atomic mass is 79.9. The van der Waals surface area contributed by atoms with Crippen LogP contribution in [-0.4, -0.2) is 61.1 Å². The van der Waals surface area contributed by atoms with Crippen LogP contribution in [0.15, 0.2) is 33.6 Å². The minimum absolute atomic E-state index is 0.0789. The number of sulfonamides is 1. The first-order chi connectivity index (χ1) is 10.00. The molecule has 0 spiro atoms. The molecule has 0 aliphatic carbocycles. The molecule has 2 fully saturated rings. The van der Waals surface area contributed by atoms with E-state index in [2.05, 4.69) is 20.8 Å². The molecule has 0 saturated carbocycles. The first kappa shape index (κ1) is 15.4. The number of nitrogens with zero attached hydrogens (tertiary/aromatic N) is 2. The molecule has 7 heteroatoms. The summed E-state index contributed by atoms with van der Waals surface area (Å²) in [6.45, 7) is 2.44. The number of hydrogen-bond acceptors (Lipinski definition) is 4. The van der Waals surface area contributed by atoms with E-state index in [0.717, 1.165) is 25.9 Å². The summed E-state index contributed by atoms with van der Waals surface area (Å²) in [4.78, 5) is 2.47. The molecule has 1 aromatic carbocycles. The van der Waals surface area contributed by atoms with Gasteiger partial charge in [0.1, 0.15) is 0 Å². The van der Waals surface area contributed by atoms with Crippen molar-refractivity contribution in [3.05, 3.63) is 28.7 Å². The van der Waals surface area contributed by atoms with Gasteiger partial charge in [0.2, 0.25) is 10.0 Å². The molecule has 0 aromatic heterocycles. The van der Waals surface area contributed by atoms with Gasteiger partial charge in [-0.25, -0.2) is 8.42 Å². The van der Waals surface area contributed by atoms with Gasteiger partial charge in [0.25, 0.3) is 0 Å². The lowest BCUT2D eigenvalue weighted by Crippen LogP contribution is -2.41. The molecule has 2 unspecified atom stereocenters. The Bertz CT molecular complexity index is 616. The monoisotopic (exact) mass is 374 g/mol. The number of halogens is 1. The summed E-state index contributed by atoms with van der Waals surface area (Å²) in [6.07, 6.45) is 1.64. The van der Waals surface area contributed by atoms with Gasteiger partial charge in [-0.2, -0.15) is 4.31 Å². The van der Waals surface area contributed by atoms with Gasteiger partial charge in [0.05, 0.1) is 17.0 Å². The lowest BCUT2D eigenvalue weighted by molar-refractivity contribution is 0.0983. The fourth-order valence-electron chi connectivity index (χ4n) is 3.16. The minimum atomic E-state index is -3.56. The van der Waals surface area contributed by atoms with Crippen molar-refractivity contribution in [1.29, 1.82) is 0 Å². The SMILES string of the molecule is O=S(=O)(c1ccccc1Br)N1CC(O)C(N2CCCC2)C1. The summed E-state index contributed by atoms with van der Waals surface area (Å²) >= 11 is 3.30. The van der Waals surface area contributed by atoms with E-state index in [1.54, 1.807) is 24.3 Å². The summed E-state index contributed by atoms with van der Waals surface area (Å²) < 4.78 is 27.4. The van der Waals surface area contributed by atoms with Crippen LogP contribution < -0.4 is 0 Å². The fourth-order valence-corrected chi connectivity index (χ4v) is 5.60. The summed E-state index contributed by atoms with van der Waals surface area (Å²) in [5.41, 5.74) is 0. The highest BCUT2D eigenvalue weighted by molar-refractivity contribution is 9.10. The average Bonchev–Trinajstić information content (AvgIpc) is 3.08. The van der Waals surface area contributed by atoms with Gasteiger partial charge >= 0.3 is 0 Å². The molecule has 5 nitrogen and oxygen atoms in total. The maximum atomic E-state index is 12.7. The molecular formula is C14H19BrN2O3S. The Hall–Kier alpha value is -0.470. The molecule has 2 atom stereocenters. The molecule has 0 bridgehead atoms. The van der Waals surface area contributed by atoms with Crippen molar-refractivity contribution in [3.63, 3.8) is 0 Å². The lowest BCUT2D eigenvalue weighted by atomic mass is 10.2. The third-order valence-electron chi connectivity index (χ3n) is 4.29. The molecule has 2 aliphatic heterocycles. The predicted molar refractivity (Wildman–Crippen MR) is 83.5 cm³/mol. The highest BCUT2D eigenvalue weighted by Crippen LogP contribution is 2.29. The zero-order valence-corrected chi connectivity index (χ0v) is 14.1. The Balaban J connectivity index is 1.83. The molecule has 3 rings (SSSR count). The number of rotatable bonds is 3. The van der Waals surface area contributed by atoms with E-state index >= 15 is 0 Å². The molecule has 0 radical (unpaired) electrons. The predicted octanol–water partition coefficient (Wildman–Crippen LogP) is 1.28. The number of hydrogen-bond donors (Lipinski definition) is 1. The fraction of sp³-hybridized carbons (Fsp3) is 0.571. The quantitative estimate of drug-likeness (QED) is 0.865. The molecule has 0 amide bonds. The third-order valence-corrected chi connectivity index (χ3v) is 7.13. The minimum Gasteiger partial charge on any atom is -0.390 e. The molecule has 116 valence electrons. The Morgan fingerprint density at radius 3 is 2.48 bits per heavy atom. The van der Waals surface area contributed by atoms with E-state index in [9.17, 15) is 13.5 Å². The summed E-state index contributed by atoms with van der Waals surface area (Å²) in [5.74, 6) is 0. The van der Waals surface area contributed by atoms with Gasteiger partial charge in [-0.15, -0.1) is 0 Å². The topological polar surface area (TPSA) is 60.9 Å². The highest BCUT2D eigenvalue weighted by Gasteiger charge is 2.42. The van der Waals surface area contributed by atoms with Crippen LogP contribution in [0.1, 0.15) is 12.8 Å². The Morgan fingerprint density at radius 2 is 1.81 bits per heavy atom. The summed E-state index contributed by atoms with van der Waals surface area (Å²) in [7, 11) is -3.56. The zero-order valence-electron chi connectivity index (χ0n) is 11.7.